The molecule has 0 spiro atoms. The predicted molar refractivity (Wildman–Crippen MR) is 125 cm³/mol. The lowest BCUT2D eigenvalue weighted by Gasteiger charge is -2.41. The first-order chi connectivity index (χ1) is 16.4. The number of benzene rings is 2. The quantitative estimate of drug-likeness (QED) is 0.482. The Hall–Kier alpha value is -3.83. The summed E-state index contributed by atoms with van der Waals surface area (Å²) in [5.41, 5.74) is 3.16. The molecule has 8 heteroatoms. The van der Waals surface area contributed by atoms with E-state index >= 15 is 0 Å². The SMILES string of the molecule is CCC[C@]1([C@H](NC(=O)OCc2ccccc2)C(=O)O)OCCc2c1[nH]c1c(C)ccc(C#N)c21. The average Bonchev–Trinajstić information content (AvgIpc) is 3.24. The van der Waals surface area contributed by atoms with Crippen molar-refractivity contribution in [2.75, 3.05) is 6.61 Å². The van der Waals surface area contributed by atoms with Crippen molar-refractivity contribution in [3.63, 3.8) is 0 Å². The minimum Gasteiger partial charge on any atom is -0.480 e. The van der Waals surface area contributed by atoms with E-state index in [-0.39, 0.29) is 13.2 Å². The van der Waals surface area contributed by atoms with Crippen LogP contribution >= 0.6 is 0 Å². The zero-order valence-corrected chi connectivity index (χ0v) is 19.2. The number of ether oxygens (including phenoxy) is 2. The molecule has 3 N–H and O–H groups in total. The Morgan fingerprint density at radius 3 is 2.74 bits per heavy atom. The fourth-order valence-corrected chi connectivity index (χ4v) is 4.82. The van der Waals surface area contributed by atoms with Crippen molar-refractivity contribution in [3.05, 3.63) is 70.4 Å². The lowest BCUT2D eigenvalue weighted by Crippen LogP contribution is -2.58. The van der Waals surface area contributed by atoms with Crippen molar-refractivity contribution in [2.45, 2.75) is 51.4 Å². The molecule has 3 aromatic rings. The summed E-state index contributed by atoms with van der Waals surface area (Å²) in [6, 6.07) is 13.6. The summed E-state index contributed by atoms with van der Waals surface area (Å²) in [5, 5.41) is 23.2. The van der Waals surface area contributed by atoms with Crippen LogP contribution in [0.15, 0.2) is 42.5 Å². The van der Waals surface area contributed by atoms with Gasteiger partial charge in [0.25, 0.3) is 0 Å². The summed E-state index contributed by atoms with van der Waals surface area (Å²) in [4.78, 5) is 28.5. The fourth-order valence-electron chi connectivity index (χ4n) is 4.82. The van der Waals surface area contributed by atoms with Gasteiger partial charge >= 0.3 is 12.1 Å². The summed E-state index contributed by atoms with van der Waals surface area (Å²) >= 11 is 0. The maximum absolute atomic E-state index is 12.7. The summed E-state index contributed by atoms with van der Waals surface area (Å²) in [5.74, 6) is -1.23. The number of aromatic amines is 1. The van der Waals surface area contributed by atoms with E-state index in [1.807, 2.05) is 50.2 Å². The number of H-pyrrole nitrogens is 1. The van der Waals surface area contributed by atoms with Crippen molar-refractivity contribution in [2.24, 2.45) is 0 Å². The van der Waals surface area contributed by atoms with Gasteiger partial charge in [-0.25, -0.2) is 9.59 Å². The number of nitrogens with zero attached hydrogens (tertiary/aromatic N) is 1. The van der Waals surface area contributed by atoms with Gasteiger partial charge in [-0.1, -0.05) is 49.7 Å². The highest BCUT2D eigenvalue weighted by atomic mass is 16.6. The number of carbonyl (C=O) groups excluding carboxylic acids is 1. The largest absolute Gasteiger partial charge is 0.480 e. The number of nitrogens with one attached hydrogen (secondary N) is 2. The number of hydrogen-bond donors (Lipinski definition) is 3. The third-order valence-electron chi connectivity index (χ3n) is 6.33. The Bertz CT molecular complexity index is 1260. The molecule has 4 rings (SSSR count). The molecule has 0 saturated heterocycles. The van der Waals surface area contributed by atoms with Crippen molar-refractivity contribution < 1.29 is 24.2 Å². The number of alkyl carbamates (subject to hydrolysis) is 1. The Morgan fingerprint density at radius 1 is 1.29 bits per heavy atom. The molecule has 0 aliphatic carbocycles. The molecule has 0 unspecified atom stereocenters. The lowest BCUT2D eigenvalue weighted by molar-refractivity contribution is -0.156. The molecule has 1 aliphatic rings. The van der Waals surface area contributed by atoms with E-state index in [2.05, 4.69) is 16.4 Å². The highest BCUT2D eigenvalue weighted by Crippen LogP contribution is 2.43. The van der Waals surface area contributed by atoms with Gasteiger partial charge in [0.05, 0.1) is 29.5 Å². The van der Waals surface area contributed by atoms with Gasteiger partial charge in [-0.2, -0.15) is 5.26 Å². The van der Waals surface area contributed by atoms with Crippen molar-refractivity contribution in [1.82, 2.24) is 10.3 Å². The molecule has 0 bridgehead atoms. The minimum atomic E-state index is -1.39. The molecule has 2 aromatic carbocycles. The van der Waals surface area contributed by atoms with Gasteiger partial charge in [-0.15, -0.1) is 0 Å². The highest BCUT2D eigenvalue weighted by molar-refractivity contribution is 5.93. The monoisotopic (exact) mass is 461 g/mol. The van der Waals surface area contributed by atoms with E-state index in [1.165, 1.54) is 0 Å². The van der Waals surface area contributed by atoms with Crippen molar-refractivity contribution >= 4 is 23.0 Å². The number of fused-ring (bicyclic) bond motifs is 3. The number of carbonyl (C=O) groups is 2. The highest BCUT2D eigenvalue weighted by Gasteiger charge is 2.51. The van der Waals surface area contributed by atoms with E-state index in [9.17, 15) is 20.0 Å². The summed E-state index contributed by atoms with van der Waals surface area (Å²) < 4.78 is 11.5. The zero-order valence-electron chi connectivity index (χ0n) is 19.2. The van der Waals surface area contributed by atoms with Gasteiger partial charge in [0.2, 0.25) is 0 Å². The number of hydrogen-bond acceptors (Lipinski definition) is 5. The standard InChI is InChI=1S/C26H27N3O5/c1-3-12-26(23(24(30)31)29-25(32)33-15-17-7-5-4-6-8-17)22-19(11-13-34-26)20-18(14-27)10-9-16(2)21(20)28-22/h4-10,23,28H,3,11-13,15H2,1-2H3,(H,29,32)(H,30,31)/t23-,26+/m1/s1. The third kappa shape index (κ3) is 4.11. The predicted octanol–water partition coefficient (Wildman–Crippen LogP) is 4.30. The van der Waals surface area contributed by atoms with Gasteiger partial charge in [0, 0.05) is 5.39 Å². The first-order valence-corrected chi connectivity index (χ1v) is 11.3. The summed E-state index contributed by atoms with van der Waals surface area (Å²) in [7, 11) is 0. The first kappa shape index (κ1) is 23.3. The molecule has 34 heavy (non-hydrogen) atoms. The Kier molecular flexibility index (Phi) is 6.57. The van der Waals surface area contributed by atoms with Crippen LogP contribution < -0.4 is 5.32 Å². The van der Waals surface area contributed by atoms with E-state index in [4.69, 9.17) is 9.47 Å². The molecule has 2 atom stereocenters. The van der Waals surface area contributed by atoms with Gasteiger partial charge < -0.3 is 24.9 Å². The van der Waals surface area contributed by atoms with Crippen molar-refractivity contribution in [1.29, 1.82) is 5.26 Å². The molecule has 0 radical (unpaired) electrons. The van der Waals surface area contributed by atoms with Crippen LogP contribution in [0.3, 0.4) is 0 Å². The van der Waals surface area contributed by atoms with Crippen LogP contribution in [0.2, 0.25) is 0 Å². The topological polar surface area (TPSA) is 124 Å². The molecular formula is C26H27N3O5. The van der Waals surface area contributed by atoms with Crippen LogP contribution in [0, 0.1) is 18.3 Å². The van der Waals surface area contributed by atoms with Crippen LogP contribution in [0.25, 0.3) is 10.9 Å². The van der Waals surface area contributed by atoms with Gasteiger partial charge in [-0.05, 0) is 42.5 Å². The van der Waals surface area contributed by atoms with E-state index in [0.29, 0.717) is 30.5 Å². The third-order valence-corrected chi connectivity index (χ3v) is 6.33. The maximum atomic E-state index is 12.7. The lowest BCUT2D eigenvalue weighted by atomic mass is 9.81. The second kappa shape index (κ2) is 9.57. The van der Waals surface area contributed by atoms with E-state index < -0.39 is 23.7 Å². The molecular weight excluding hydrogens is 434 g/mol. The fraction of sp³-hybridized carbons (Fsp3) is 0.346. The molecule has 0 fully saturated rings. The van der Waals surface area contributed by atoms with E-state index in [1.54, 1.807) is 6.07 Å². The molecule has 1 aliphatic heterocycles. The number of amides is 1. The molecule has 176 valence electrons. The van der Waals surface area contributed by atoms with Crippen LogP contribution in [-0.2, 0) is 32.9 Å². The number of carboxylic acid groups (broad SMARTS) is 1. The number of nitriles is 1. The molecule has 0 saturated carbocycles. The van der Waals surface area contributed by atoms with Gasteiger partial charge in [0.1, 0.15) is 12.2 Å². The smallest absolute Gasteiger partial charge is 0.408 e. The molecule has 1 amide bonds. The van der Waals surface area contributed by atoms with Crippen LogP contribution in [-0.4, -0.2) is 34.8 Å². The average molecular weight is 462 g/mol. The van der Waals surface area contributed by atoms with Gasteiger partial charge in [0.15, 0.2) is 6.04 Å². The van der Waals surface area contributed by atoms with Crippen LogP contribution in [0.4, 0.5) is 4.79 Å². The normalized spacial score (nSPS) is 18.0. The first-order valence-electron chi connectivity index (χ1n) is 11.3. The second-order valence-corrected chi connectivity index (χ2v) is 8.49. The number of rotatable bonds is 7. The molecule has 2 heterocycles. The van der Waals surface area contributed by atoms with Crippen molar-refractivity contribution in [3.8, 4) is 6.07 Å². The molecule has 8 nitrogen and oxygen atoms in total. The Morgan fingerprint density at radius 2 is 2.06 bits per heavy atom. The Labute approximate surface area is 197 Å². The van der Waals surface area contributed by atoms with Gasteiger partial charge in [-0.3, -0.25) is 0 Å². The maximum Gasteiger partial charge on any atom is 0.408 e. The van der Waals surface area contributed by atoms with Crippen LogP contribution in [0.5, 0.6) is 0 Å². The summed E-state index contributed by atoms with van der Waals surface area (Å²) in [6.07, 6.45) is 0.657. The number of carboxylic acids is 1. The summed E-state index contributed by atoms with van der Waals surface area (Å²) in [6.45, 7) is 4.15. The van der Waals surface area contributed by atoms with Crippen LogP contribution in [0.1, 0.15) is 47.7 Å². The minimum absolute atomic E-state index is 0.0169. The number of aromatic nitrogens is 1. The number of aliphatic carboxylic acids is 1. The molecule has 1 aromatic heterocycles. The zero-order chi connectivity index (χ0) is 24.3. The van der Waals surface area contributed by atoms with E-state index in [0.717, 1.165) is 27.6 Å². The Balaban J connectivity index is 1.74. The number of aryl methyl sites for hydroxylation is 1. The second-order valence-electron chi connectivity index (χ2n) is 8.49.